The minimum Gasteiger partial charge on any atom is -0.497 e. The fourth-order valence-electron chi connectivity index (χ4n) is 1.57. The normalized spacial score (nSPS) is 10.3. The molecule has 0 saturated carbocycles. The Labute approximate surface area is 88.5 Å². The summed E-state index contributed by atoms with van der Waals surface area (Å²) in [4.78, 5) is 11.2. The van der Waals surface area contributed by atoms with Crippen LogP contribution in [0.5, 0.6) is 5.75 Å². The summed E-state index contributed by atoms with van der Waals surface area (Å²) in [6.45, 7) is 1.57. The van der Waals surface area contributed by atoms with E-state index in [1.165, 1.54) is 0 Å². The summed E-state index contributed by atoms with van der Waals surface area (Å²) in [6.07, 6.45) is 0. The summed E-state index contributed by atoms with van der Waals surface area (Å²) < 4.78 is 5.13. The molecule has 0 atom stereocenters. The lowest BCUT2D eigenvalue weighted by molar-refractivity contribution is 0.101. The molecule has 0 unspecified atom stereocenters. The highest BCUT2D eigenvalue weighted by Crippen LogP contribution is 2.21. The summed E-state index contributed by atoms with van der Waals surface area (Å²) in [6, 6.07) is 11.5. The molecule has 2 heteroatoms. The van der Waals surface area contributed by atoms with E-state index < -0.39 is 0 Å². The molecule has 0 N–H and O–H groups in total. The van der Waals surface area contributed by atoms with Crippen molar-refractivity contribution in [2.24, 2.45) is 0 Å². The van der Waals surface area contributed by atoms with Crippen LogP contribution in [0.25, 0.3) is 10.8 Å². The van der Waals surface area contributed by atoms with Crippen molar-refractivity contribution in [2.45, 2.75) is 6.92 Å². The van der Waals surface area contributed by atoms with E-state index in [9.17, 15) is 4.79 Å². The molecule has 76 valence electrons. The third-order valence-electron chi connectivity index (χ3n) is 2.45. The van der Waals surface area contributed by atoms with Gasteiger partial charge in [-0.3, -0.25) is 4.79 Å². The Bertz CT molecular complexity index is 515. The number of benzene rings is 2. The zero-order chi connectivity index (χ0) is 10.8. The van der Waals surface area contributed by atoms with Crippen molar-refractivity contribution in [3.63, 3.8) is 0 Å². The lowest BCUT2D eigenvalue weighted by atomic mass is 10.0. The molecule has 2 aromatic carbocycles. The van der Waals surface area contributed by atoms with Gasteiger partial charge in [0.15, 0.2) is 5.78 Å². The highest BCUT2D eigenvalue weighted by Gasteiger charge is 2.01. The van der Waals surface area contributed by atoms with Crippen LogP contribution in [0.1, 0.15) is 17.3 Å². The number of hydrogen-bond acceptors (Lipinski definition) is 2. The zero-order valence-electron chi connectivity index (χ0n) is 8.78. The number of methoxy groups -OCH3 is 1. The predicted octanol–water partition coefficient (Wildman–Crippen LogP) is 3.05. The molecule has 2 aromatic rings. The van der Waals surface area contributed by atoms with Crippen LogP contribution >= 0.6 is 0 Å². The van der Waals surface area contributed by atoms with Crippen LogP contribution in [0.4, 0.5) is 0 Å². The van der Waals surface area contributed by atoms with E-state index in [0.29, 0.717) is 0 Å². The van der Waals surface area contributed by atoms with E-state index >= 15 is 0 Å². The van der Waals surface area contributed by atoms with Crippen LogP contribution in [-0.4, -0.2) is 12.9 Å². The number of ketones is 1. The van der Waals surface area contributed by atoms with Crippen molar-refractivity contribution in [3.05, 3.63) is 42.0 Å². The molecular weight excluding hydrogens is 188 g/mol. The molecule has 2 nitrogen and oxygen atoms in total. The quantitative estimate of drug-likeness (QED) is 0.696. The smallest absolute Gasteiger partial charge is 0.159 e. The number of carbonyl (C=O) groups is 1. The number of carbonyl (C=O) groups excluding carboxylic acids is 1. The number of fused-ring (bicyclic) bond motifs is 1. The molecule has 0 aliphatic rings. The van der Waals surface area contributed by atoms with Gasteiger partial charge < -0.3 is 4.74 Å². The summed E-state index contributed by atoms with van der Waals surface area (Å²) in [7, 11) is 1.64. The van der Waals surface area contributed by atoms with Crippen molar-refractivity contribution in [2.75, 3.05) is 7.11 Å². The maximum absolute atomic E-state index is 11.2. The van der Waals surface area contributed by atoms with E-state index in [-0.39, 0.29) is 5.78 Å². The van der Waals surface area contributed by atoms with Gasteiger partial charge in [0.25, 0.3) is 0 Å². The molecule has 0 heterocycles. The third-order valence-corrected chi connectivity index (χ3v) is 2.45. The van der Waals surface area contributed by atoms with Gasteiger partial charge in [-0.2, -0.15) is 0 Å². The average molecular weight is 200 g/mol. The SMILES string of the molecule is COc1ccc2cc(C(C)=O)ccc2c1. The second kappa shape index (κ2) is 3.73. The van der Waals surface area contributed by atoms with E-state index in [4.69, 9.17) is 4.74 Å². The lowest BCUT2D eigenvalue weighted by Crippen LogP contribution is -1.91. The zero-order valence-corrected chi connectivity index (χ0v) is 8.78. The van der Waals surface area contributed by atoms with E-state index in [0.717, 1.165) is 22.1 Å². The first kappa shape index (κ1) is 9.71. The van der Waals surface area contributed by atoms with Crippen molar-refractivity contribution < 1.29 is 9.53 Å². The van der Waals surface area contributed by atoms with E-state index in [1.54, 1.807) is 14.0 Å². The first-order valence-electron chi connectivity index (χ1n) is 4.79. The van der Waals surface area contributed by atoms with E-state index in [1.807, 2.05) is 36.4 Å². The number of rotatable bonds is 2. The summed E-state index contributed by atoms with van der Waals surface area (Å²) in [5, 5.41) is 2.14. The van der Waals surface area contributed by atoms with Crippen molar-refractivity contribution >= 4 is 16.6 Å². The topological polar surface area (TPSA) is 26.3 Å². The van der Waals surface area contributed by atoms with Crippen LogP contribution < -0.4 is 4.74 Å². The molecule has 0 fully saturated rings. The summed E-state index contributed by atoms with van der Waals surface area (Å²) >= 11 is 0. The van der Waals surface area contributed by atoms with Crippen molar-refractivity contribution in [3.8, 4) is 5.75 Å². The van der Waals surface area contributed by atoms with Gasteiger partial charge in [-0.05, 0) is 35.9 Å². The number of ether oxygens (including phenoxy) is 1. The molecule has 0 saturated heterocycles. The Kier molecular flexibility index (Phi) is 2.42. The van der Waals surface area contributed by atoms with Gasteiger partial charge in [-0.15, -0.1) is 0 Å². The Balaban J connectivity index is 2.59. The third kappa shape index (κ3) is 1.84. The fraction of sp³-hybridized carbons (Fsp3) is 0.154. The fourth-order valence-corrected chi connectivity index (χ4v) is 1.57. The Morgan fingerprint density at radius 3 is 2.40 bits per heavy atom. The molecule has 0 spiro atoms. The Hall–Kier alpha value is -1.83. The average Bonchev–Trinajstić information content (AvgIpc) is 2.27. The molecular formula is C13H12O2. The van der Waals surface area contributed by atoms with Crippen LogP contribution in [0.2, 0.25) is 0 Å². The highest BCUT2D eigenvalue weighted by atomic mass is 16.5. The monoisotopic (exact) mass is 200 g/mol. The second-order valence-electron chi connectivity index (χ2n) is 3.48. The first-order chi connectivity index (χ1) is 7.20. The summed E-state index contributed by atoms with van der Waals surface area (Å²) in [5.74, 6) is 0.922. The molecule has 0 aliphatic heterocycles. The molecule has 0 aromatic heterocycles. The Morgan fingerprint density at radius 1 is 1.07 bits per heavy atom. The van der Waals surface area contributed by atoms with Crippen LogP contribution in [0.15, 0.2) is 36.4 Å². The van der Waals surface area contributed by atoms with Crippen molar-refractivity contribution in [1.82, 2.24) is 0 Å². The number of hydrogen-bond donors (Lipinski definition) is 0. The van der Waals surface area contributed by atoms with Crippen molar-refractivity contribution in [1.29, 1.82) is 0 Å². The number of Topliss-reactive ketones (excluding diaryl/α,β-unsaturated/α-hetero) is 1. The maximum Gasteiger partial charge on any atom is 0.159 e. The molecule has 0 aliphatic carbocycles. The molecule has 0 amide bonds. The van der Waals surface area contributed by atoms with Gasteiger partial charge in [0.2, 0.25) is 0 Å². The van der Waals surface area contributed by atoms with Gasteiger partial charge in [0, 0.05) is 5.56 Å². The maximum atomic E-state index is 11.2. The van der Waals surface area contributed by atoms with E-state index in [2.05, 4.69) is 0 Å². The molecule has 2 rings (SSSR count). The molecule has 0 radical (unpaired) electrons. The lowest BCUT2D eigenvalue weighted by Gasteiger charge is -2.03. The van der Waals surface area contributed by atoms with Crippen LogP contribution in [-0.2, 0) is 0 Å². The van der Waals surface area contributed by atoms with Gasteiger partial charge >= 0.3 is 0 Å². The molecule has 0 bridgehead atoms. The minimum absolute atomic E-state index is 0.0905. The second-order valence-corrected chi connectivity index (χ2v) is 3.48. The van der Waals surface area contributed by atoms with Gasteiger partial charge in [0.1, 0.15) is 5.75 Å². The predicted molar refractivity (Wildman–Crippen MR) is 60.5 cm³/mol. The van der Waals surface area contributed by atoms with Crippen LogP contribution in [0, 0.1) is 0 Å². The largest absolute Gasteiger partial charge is 0.497 e. The highest BCUT2D eigenvalue weighted by molar-refractivity contribution is 5.98. The minimum atomic E-state index is 0.0905. The summed E-state index contributed by atoms with van der Waals surface area (Å²) in [5.41, 5.74) is 0.743. The van der Waals surface area contributed by atoms with Gasteiger partial charge in [-0.25, -0.2) is 0 Å². The van der Waals surface area contributed by atoms with Gasteiger partial charge in [0.05, 0.1) is 7.11 Å². The molecule has 15 heavy (non-hydrogen) atoms. The van der Waals surface area contributed by atoms with Crippen LogP contribution in [0.3, 0.4) is 0 Å². The first-order valence-corrected chi connectivity index (χ1v) is 4.79. The standard InChI is InChI=1S/C13H12O2/c1-9(14)10-3-4-12-8-13(15-2)6-5-11(12)7-10/h3-8H,1-2H3. The Morgan fingerprint density at radius 2 is 1.73 bits per heavy atom. The van der Waals surface area contributed by atoms with Gasteiger partial charge in [-0.1, -0.05) is 18.2 Å².